The fraction of sp³-hybridized carbons (Fsp3) is 0.933. The van der Waals surface area contributed by atoms with Gasteiger partial charge < -0.3 is 5.11 Å². The van der Waals surface area contributed by atoms with E-state index in [9.17, 15) is 0 Å². The number of hydrogen-bond donors (Lipinski definition) is 1. The molecule has 0 aliphatic carbocycles. The molecule has 0 aromatic heterocycles. The molecular weight excluding hydrogens is 376 g/mol. The molecule has 0 amide bonds. The molecule has 0 aromatic rings. The molecule has 0 spiro atoms. The Labute approximate surface area is 197 Å². The minimum absolute atomic E-state index is 0.365. The fourth-order valence-corrected chi connectivity index (χ4v) is 4.48. The first kappa shape index (κ1) is 30.7. The van der Waals surface area contributed by atoms with Crippen molar-refractivity contribution in [2.75, 3.05) is 6.61 Å². The molecule has 0 aromatic carbocycles. The van der Waals surface area contributed by atoms with E-state index in [1.807, 2.05) is 0 Å². The summed E-state index contributed by atoms with van der Waals surface area (Å²) in [6.45, 7) is 2.66. The second-order valence-electron chi connectivity index (χ2n) is 9.90. The van der Waals surface area contributed by atoms with Gasteiger partial charge in [-0.1, -0.05) is 154 Å². The lowest BCUT2D eigenvalue weighted by molar-refractivity contribution is 0.282. The number of hydrogen-bond acceptors (Lipinski definition) is 1. The lowest BCUT2D eigenvalue weighted by Gasteiger charge is -2.03. The summed E-state index contributed by atoms with van der Waals surface area (Å²) in [6.07, 6.45) is 41.1. The normalized spacial score (nSPS) is 11.7. The van der Waals surface area contributed by atoms with Crippen LogP contribution in [0.5, 0.6) is 0 Å². The molecular formula is C30H60O. The van der Waals surface area contributed by atoms with Crippen LogP contribution in [-0.2, 0) is 0 Å². The van der Waals surface area contributed by atoms with E-state index in [1.165, 1.54) is 161 Å². The number of aliphatic hydroxyl groups is 1. The van der Waals surface area contributed by atoms with Crippen LogP contribution in [0.4, 0.5) is 0 Å². The van der Waals surface area contributed by atoms with Crippen molar-refractivity contribution in [3.63, 3.8) is 0 Å². The molecule has 1 heteroatoms. The van der Waals surface area contributed by atoms with E-state index in [1.54, 1.807) is 0 Å². The second-order valence-corrected chi connectivity index (χ2v) is 9.90. The minimum atomic E-state index is 0.365. The first-order valence-electron chi connectivity index (χ1n) is 14.7. The minimum Gasteiger partial charge on any atom is -0.396 e. The monoisotopic (exact) mass is 436 g/mol. The highest BCUT2D eigenvalue weighted by Gasteiger charge is 1.95. The van der Waals surface area contributed by atoms with Gasteiger partial charge in [0.1, 0.15) is 0 Å². The number of rotatable bonds is 27. The van der Waals surface area contributed by atoms with Crippen molar-refractivity contribution in [2.45, 2.75) is 174 Å². The predicted octanol–water partition coefficient (Wildman–Crippen LogP) is 10.7. The summed E-state index contributed by atoms with van der Waals surface area (Å²) >= 11 is 0. The largest absolute Gasteiger partial charge is 0.396 e. The molecule has 0 heterocycles. The van der Waals surface area contributed by atoms with Gasteiger partial charge in [-0.2, -0.15) is 0 Å². The Morgan fingerprint density at radius 1 is 0.355 bits per heavy atom. The van der Waals surface area contributed by atoms with E-state index in [0.29, 0.717) is 6.61 Å². The lowest BCUT2D eigenvalue weighted by Crippen LogP contribution is -1.84. The van der Waals surface area contributed by atoms with Crippen molar-refractivity contribution >= 4 is 0 Å². The maximum atomic E-state index is 8.75. The van der Waals surface area contributed by atoms with Gasteiger partial charge in [0, 0.05) is 6.61 Å². The molecule has 186 valence electrons. The van der Waals surface area contributed by atoms with E-state index in [4.69, 9.17) is 5.11 Å². The summed E-state index contributed by atoms with van der Waals surface area (Å²) in [5.74, 6) is 0. The lowest BCUT2D eigenvalue weighted by atomic mass is 10.0. The van der Waals surface area contributed by atoms with Crippen molar-refractivity contribution in [3.05, 3.63) is 12.2 Å². The van der Waals surface area contributed by atoms with Gasteiger partial charge in [-0.25, -0.2) is 0 Å². The molecule has 0 bridgehead atoms. The Hall–Kier alpha value is -0.300. The summed E-state index contributed by atoms with van der Waals surface area (Å²) in [7, 11) is 0. The van der Waals surface area contributed by atoms with Gasteiger partial charge in [0.15, 0.2) is 0 Å². The van der Waals surface area contributed by atoms with Gasteiger partial charge in [-0.3, -0.25) is 0 Å². The molecule has 0 fully saturated rings. The highest BCUT2D eigenvalue weighted by Crippen LogP contribution is 2.14. The Kier molecular flexibility index (Phi) is 29.4. The first-order valence-corrected chi connectivity index (χ1v) is 14.7. The van der Waals surface area contributed by atoms with Crippen LogP contribution in [-0.4, -0.2) is 11.7 Å². The summed E-state index contributed by atoms with van der Waals surface area (Å²) in [6, 6.07) is 0. The van der Waals surface area contributed by atoms with E-state index in [0.717, 1.165) is 6.42 Å². The summed E-state index contributed by atoms with van der Waals surface area (Å²) in [5.41, 5.74) is 0. The predicted molar refractivity (Wildman–Crippen MR) is 142 cm³/mol. The molecule has 0 saturated carbocycles. The van der Waals surface area contributed by atoms with Crippen molar-refractivity contribution in [1.82, 2.24) is 0 Å². The van der Waals surface area contributed by atoms with Crippen molar-refractivity contribution < 1.29 is 5.11 Å². The van der Waals surface area contributed by atoms with Crippen LogP contribution in [0.2, 0.25) is 0 Å². The molecule has 31 heavy (non-hydrogen) atoms. The number of aliphatic hydroxyl groups excluding tert-OH is 1. The van der Waals surface area contributed by atoms with Gasteiger partial charge in [0.2, 0.25) is 0 Å². The molecule has 0 unspecified atom stereocenters. The average molecular weight is 437 g/mol. The molecule has 0 saturated heterocycles. The van der Waals surface area contributed by atoms with Gasteiger partial charge in [-0.15, -0.1) is 0 Å². The number of allylic oxidation sites excluding steroid dienone is 2. The van der Waals surface area contributed by atoms with Crippen LogP contribution in [0.1, 0.15) is 174 Å². The van der Waals surface area contributed by atoms with E-state index < -0.39 is 0 Å². The SMILES string of the molecule is CCCCCCCCCCCCCCCCCCC/C=C/CCCCCCCCCO. The Bertz CT molecular complexity index is 322. The van der Waals surface area contributed by atoms with Gasteiger partial charge in [-0.05, 0) is 32.1 Å². The van der Waals surface area contributed by atoms with Crippen molar-refractivity contribution in [2.24, 2.45) is 0 Å². The van der Waals surface area contributed by atoms with Crippen LogP contribution in [0.3, 0.4) is 0 Å². The van der Waals surface area contributed by atoms with Crippen LogP contribution in [0.25, 0.3) is 0 Å². The smallest absolute Gasteiger partial charge is 0.0431 e. The zero-order valence-electron chi connectivity index (χ0n) is 21.7. The Morgan fingerprint density at radius 2 is 0.613 bits per heavy atom. The fourth-order valence-electron chi connectivity index (χ4n) is 4.48. The summed E-state index contributed by atoms with van der Waals surface area (Å²) in [5, 5.41) is 8.75. The Balaban J connectivity index is 3.05. The highest BCUT2D eigenvalue weighted by atomic mass is 16.2. The highest BCUT2D eigenvalue weighted by molar-refractivity contribution is 4.81. The zero-order valence-corrected chi connectivity index (χ0v) is 21.7. The van der Waals surface area contributed by atoms with Crippen molar-refractivity contribution in [1.29, 1.82) is 0 Å². The van der Waals surface area contributed by atoms with Gasteiger partial charge >= 0.3 is 0 Å². The summed E-state index contributed by atoms with van der Waals surface area (Å²) in [4.78, 5) is 0. The molecule has 0 rings (SSSR count). The third-order valence-corrected chi connectivity index (χ3v) is 6.67. The van der Waals surface area contributed by atoms with Crippen LogP contribution >= 0.6 is 0 Å². The van der Waals surface area contributed by atoms with Crippen molar-refractivity contribution in [3.8, 4) is 0 Å². The number of unbranched alkanes of at least 4 members (excludes halogenated alkanes) is 24. The van der Waals surface area contributed by atoms with Gasteiger partial charge in [0.05, 0.1) is 0 Å². The Morgan fingerprint density at radius 3 is 0.903 bits per heavy atom. The summed E-state index contributed by atoms with van der Waals surface area (Å²) < 4.78 is 0. The topological polar surface area (TPSA) is 20.2 Å². The standard InChI is InChI=1S/C30H60O/c1-2-3-4-5-6-7-8-9-10-11-12-13-14-15-16-17-18-19-20-21-22-23-24-25-26-27-28-29-30-31/h20-21,31H,2-19,22-30H2,1H3/b21-20+. The van der Waals surface area contributed by atoms with E-state index in [2.05, 4.69) is 19.1 Å². The molecule has 1 nitrogen and oxygen atoms in total. The van der Waals surface area contributed by atoms with Crippen LogP contribution in [0, 0.1) is 0 Å². The first-order chi connectivity index (χ1) is 15.4. The van der Waals surface area contributed by atoms with E-state index >= 15 is 0 Å². The molecule has 0 aliphatic heterocycles. The zero-order chi connectivity index (χ0) is 22.5. The maximum absolute atomic E-state index is 8.75. The third-order valence-electron chi connectivity index (χ3n) is 6.67. The van der Waals surface area contributed by atoms with Gasteiger partial charge in [0.25, 0.3) is 0 Å². The second kappa shape index (κ2) is 29.7. The molecule has 0 aliphatic rings. The van der Waals surface area contributed by atoms with Crippen LogP contribution in [0.15, 0.2) is 12.2 Å². The quantitative estimate of drug-likeness (QED) is 0.100. The third kappa shape index (κ3) is 29.7. The molecule has 0 atom stereocenters. The molecule has 0 radical (unpaired) electrons. The molecule has 1 N–H and O–H groups in total. The maximum Gasteiger partial charge on any atom is 0.0431 e. The average Bonchev–Trinajstić information content (AvgIpc) is 2.78. The van der Waals surface area contributed by atoms with Crippen LogP contribution < -0.4 is 0 Å². The van der Waals surface area contributed by atoms with E-state index in [-0.39, 0.29) is 0 Å².